The molecule has 104 valence electrons. The maximum absolute atomic E-state index is 10.8. The third-order valence-corrected chi connectivity index (χ3v) is 4.67. The molecular formula is C14H25NO3. The first-order valence-corrected chi connectivity index (χ1v) is 7.25. The highest BCUT2D eigenvalue weighted by Crippen LogP contribution is 2.32. The van der Waals surface area contributed by atoms with Crippen LogP contribution < -0.4 is 5.32 Å². The van der Waals surface area contributed by atoms with Gasteiger partial charge in [-0.25, -0.2) is 0 Å². The zero-order chi connectivity index (χ0) is 13.0. The summed E-state index contributed by atoms with van der Waals surface area (Å²) in [5.74, 6) is -0.0647. The van der Waals surface area contributed by atoms with Crippen LogP contribution in [0.25, 0.3) is 0 Å². The van der Waals surface area contributed by atoms with E-state index in [1.807, 2.05) is 0 Å². The normalized spacial score (nSPS) is 33.1. The van der Waals surface area contributed by atoms with E-state index in [4.69, 9.17) is 5.11 Å². The summed E-state index contributed by atoms with van der Waals surface area (Å²) in [4.78, 5) is 10.8. The molecule has 18 heavy (non-hydrogen) atoms. The van der Waals surface area contributed by atoms with E-state index >= 15 is 0 Å². The predicted molar refractivity (Wildman–Crippen MR) is 69.4 cm³/mol. The first-order valence-electron chi connectivity index (χ1n) is 7.25. The second kappa shape index (κ2) is 6.02. The second-order valence-corrected chi connectivity index (χ2v) is 6.10. The lowest BCUT2D eigenvalue weighted by Gasteiger charge is -2.35. The fourth-order valence-corrected chi connectivity index (χ4v) is 2.99. The molecule has 0 unspecified atom stereocenters. The first kappa shape index (κ1) is 13.8. The van der Waals surface area contributed by atoms with Gasteiger partial charge >= 0.3 is 5.97 Å². The number of carboxylic acid groups (broad SMARTS) is 1. The molecule has 0 bridgehead atoms. The smallest absolute Gasteiger partial charge is 0.306 e. The van der Waals surface area contributed by atoms with Crippen LogP contribution in [0.5, 0.6) is 0 Å². The van der Waals surface area contributed by atoms with Crippen molar-refractivity contribution in [2.24, 2.45) is 11.8 Å². The van der Waals surface area contributed by atoms with Crippen molar-refractivity contribution in [3.8, 4) is 0 Å². The van der Waals surface area contributed by atoms with E-state index in [-0.39, 0.29) is 5.92 Å². The number of nitrogens with one attached hydrogen (secondary N) is 1. The molecule has 2 aliphatic carbocycles. The van der Waals surface area contributed by atoms with Gasteiger partial charge in [-0.3, -0.25) is 4.79 Å². The Morgan fingerprint density at radius 2 is 1.89 bits per heavy atom. The summed E-state index contributed by atoms with van der Waals surface area (Å²) in [6, 6.07) is 0. The number of hydrogen-bond acceptors (Lipinski definition) is 3. The van der Waals surface area contributed by atoms with Crippen molar-refractivity contribution in [2.45, 2.75) is 57.0 Å². The molecule has 0 atom stereocenters. The van der Waals surface area contributed by atoms with Crippen molar-refractivity contribution in [1.29, 1.82) is 0 Å². The minimum absolute atomic E-state index is 0.250. The van der Waals surface area contributed by atoms with E-state index in [1.165, 1.54) is 25.7 Å². The summed E-state index contributed by atoms with van der Waals surface area (Å²) in [7, 11) is 0. The van der Waals surface area contributed by atoms with Gasteiger partial charge in [0.2, 0.25) is 0 Å². The molecule has 4 heteroatoms. The van der Waals surface area contributed by atoms with Gasteiger partial charge in [-0.15, -0.1) is 0 Å². The molecule has 0 saturated heterocycles. The molecule has 2 aliphatic rings. The van der Waals surface area contributed by atoms with Crippen molar-refractivity contribution in [3.05, 3.63) is 0 Å². The number of carboxylic acids is 1. The molecule has 2 fully saturated rings. The molecule has 0 radical (unpaired) electrons. The van der Waals surface area contributed by atoms with Gasteiger partial charge in [-0.2, -0.15) is 0 Å². The number of aliphatic hydroxyl groups is 1. The Morgan fingerprint density at radius 1 is 1.22 bits per heavy atom. The summed E-state index contributed by atoms with van der Waals surface area (Å²) in [5, 5.41) is 22.6. The maximum atomic E-state index is 10.8. The Kier molecular flexibility index (Phi) is 4.62. The SMILES string of the molecule is O=C(O)C1CCC(O)(CNCCC2CCC2)CC1. The van der Waals surface area contributed by atoms with Crippen LogP contribution in [-0.2, 0) is 4.79 Å². The lowest BCUT2D eigenvalue weighted by Crippen LogP contribution is -2.44. The number of hydrogen-bond donors (Lipinski definition) is 3. The van der Waals surface area contributed by atoms with Crippen molar-refractivity contribution in [3.63, 3.8) is 0 Å². The lowest BCUT2D eigenvalue weighted by molar-refractivity contribution is -0.144. The summed E-state index contributed by atoms with van der Waals surface area (Å²) in [5.41, 5.74) is -0.675. The molecule has 3 N–H and O–H groups in total. The maximum Gasteiger partial charge on any atom is 0.306 e. The highest BCUT2D eigenvalue weighted by atomic mass is 16.4. The molecule has 2 rings (SSSR count). The molecule has 0 aromatic rings. The molecule has 0 heterocycles. The third-order valence-electron chi connectivity index (χ3n) is 4.67. The minimum atomic E-state index is -0.713. The van der Waals surface area contributed by atoms with E-state index in [1.54, 1.807) is 0 Å². The molecule has 0 aromatic heterocycles. The molecule has 0 spiro atoms. The summed E-state index contributed by atoms with van der Waals surface area (Å²) in [6.07, 6.45) is 7.77. The van der Waals surface area contributed by atoms with Crippen LogP contribution in [0.15, 0.2) is 0 Å². The minimum Gasteiger partial charge on any atom is -0.481 e. The van der Waals surface area contributed by atoms with E-state index in [0.29, 0.717) is 32.2 Å². The van der Waals surface area contributed by atoms with Gasteiger partial charge in [-0.1, -0.05) is 19.3 Å². The fourth-order valence-electron chi connectivity index (χ4n) is 2.99. The van der Waals surface area contributed by atoms with Gasteiger partial charge in [0.05, 0.1) is 11.5 Å². The van der Waals surface area contributed by atoms with Crippen molar-refractivity contribution in [1.82, 2.24) is 5.32 Å². The van der Waals surface area contributed by atoms with Gasteiger partial charge < -0.3 is 15.5 Å². The van der Waals surface area contributed by atoms with E-state index < -0.39 is 11.6 Å². The van der Waals surface area contributed by atoms with Crippen LogP contribution in [0, 0.1) is 11.8 Å². The standard InChI is InChI=1S/C14H25NO3/c16-13(17)12-4-7-14(18,8-5-12)10-15-9-6-11-2-1-3-11/h11-12,15,18H,1-10H2,(H,16,17). The van der Waals surface area contributed by atoms with Crippen molar-refractivity contribution in [2.75, 3.05) is 13.1 Å². The Hall–Kier alpha value is -0.610. The number of carbonyl (C=O) groups is 1. The molecule has 0 aliphatic heterocycles. The zero-order valence-corrected chi connectivity index (χ0v) is 11.0. The van der Waals surface area contributed by atoms with Crippen LogP contribution >= 0.6 is 0 Å². The van der Waals surface area contributed by atoms with Crippen LogP contribution in [0.4, 0.5) is 0 Å². The summed E-state index contributed by atoms with van der Waals surface area (Å²) >= 11 is 0. The van der Waals surface area contributed by atoms with Crippen LogP contribution in [0.2, 0.25) is 0 Å². The molecular weight excluding hydrogens is 230 g/mol. The monoisotopic (exact) mass is 255 g/mol. The van der Waals surface area contributed by atoms with E-state index in [9.17, 15) is 9.90 Å². The quantitative estimate of drug-likeness (QED) is 0.633. The average Bonchev–Trinajstić information content (AvgIpc) is 2.27. The van der Waals surface area contributed by atoms with E-state index in [2.05, 4.69) is 5.32 Å². The molecule has 0 aromatic carbocycles. The topological polar surface area (TPSA) is 69.6 Å². The van der Waals surface area contributed by atoms with Crippen LogP contribution in [-0.4, -0.2) is 34.9 Å². The van der Waals surface area contributed by atoms with Crippen molar-refractivity contribution >= 4 is 5.97 Å². The van der Waals surface area contributed by atoms with Gasteiger partial charge in [0.25, 0.3) is 0 Å². The Balaban J connectivity index is 1.61. The van der Waals surface area contributed by atoms with Gasteiger partial charge in [-0.05, 0) is 44.6 Å². The summed E-state index contributed by atoms with van der Waals surface area (Å²) in [6.45, 7) is 1.60. The summed E-state index contributed by atoms with van der Waals surface area (Å²) < 4.78 is 0. The predicted octanol–water partition coefficient (Wildman–Crippen LogP) is 1.77. The van der Waals surface area contributed by atoms with Crippen LogP contribution in [0.1, 0.15) is 51.4 Å². The third kappa shape index (κ3) is 3.69. The lowest BCUT2D eigenvalue weighted by atomic mass is 9.78. The molecule has 2 saturated carbocycles. The van der Waals surface area contributed by atoms with Gasteiger partial charge in [0.1, 0.15) is 0 Å². The van der Waals surface area contributed by atoms with Crippen LogP contribution in [0.3, 0.4) is 0 Å². The number of rotatable bonds is 6. The Bertz CT molecular complexity index is 281. The number of aliphatic carboxylic acids is 1. The average molecular weight is 255 g/mol. The molecule has 0 amide bonds. The Morgan fingerprint density at radius 3 is 2.39 bits per heavy atom. The van der Waals surface area contributed by atoms with Gasteiger partial charge in [0, 0.05) is 6.54 Å². The van der Waals surface area contributed by atoms with Crippen molar-refractivity contribution < 1.29 is 15.0 Å². The highest BCUT2D eigenvalue weighted by Gasteiger charge is 2.35. The largest absolute Gasteiger partial charge is 0.481 e. The van der Waals surface area contributed by atoms with E-state index in [0.717, 1.165) is 12.5 Å². The van der Waals surface area contributed by atoms with Gasteiger partial charge in [0.15, 0.2) is 0 Å². The highest BCUT2D eigenvalue weighted by molar-refractivity contribution is 5.70. The first-order chi connectivity index (χ1) is 8.59. The molecule has 4 nitrogen and oxygen atoms in total. The second-order valence-electron chi connectivity index (χ2n) is 6.10. The zero-order valence-electron chi connectivity index (χ0n) is 11.0. The fraction of sp³-hybridized carbons (Fsp3) is 0.929. The Labute approximate surface area is 109 Å².